The van der Waals surface area contributed by atoms with Crippen LogP contribution in [0.15, 0.2) is 0 Å². The molecule has 0 radical (unpaired) electrons. The van der Waals surface area contributed by atoms with Gasteiger partial charge in [0.25, 0.3) is 0 Å². The van der Waals surface area contributed by atoms with Crippen molar-refractivity contribution in [2.45, 2.75) is 36.8 Å². The average Bonchev–Trinajstić information content (AvgIpc) is 2.08. The molecule has 0 aromatic rings. The van der Waals surface area contributed by atoms with E-state index in [1.807, 2.05) is 0 Å². The van der Waals surface area contributed by atoms with Crippen molar-refractivity contribution in [1.82, 2.24) is 0 Å². The second kappa shape index (κ2) is 3.93. The molecule has 3 N–H and O–H groups in total. The molecule has 0 aliphatic carbocycles. The molecule has 1 fully saturated rings. The van der Waals surface area contributed by atoms with Crippen molar-refractivity contribution in [1.29, 1.82) is 0 Å². The standard InChI is InChI=1S/C7H14O4S/c1-3-4(8)5(9)6(10)7(11-3)12-2/h3-10H,1-2H3/t3-,4+,5+,6-,7?/m0/s1. The summed E-state index contributed by atoms with van der Waals surface area (Å²) in [5.74, 6) is 0. The van der Waals surface area contributed by atoms with E-state index in [2.05, 4.69) is 0 Å². The number of ether oxygens (including phenoxy) is 1. The lowest BCUT2D eigenvalue weighted by molar-refractivity contribution is -0.192. The molecule has 0 spiro atoms. The Balaban J connectivity index is 2.63. The zero-order valence-corrected chi connectivity index (χ0v) is 7.86. The first-order valence-electron chi connectivity index (χ1n) is 3.80. The van der Waals surface area contributed by atoms with Gasteiger partial charge in [-0.05, 0) is 13.2 Å². The van der Waals surface area contributed by atoms with Gasteiger partial charge in [-0.1, -0.05) is 0 Å². The quantitative estimate of drug-likeness (QED) is 0.508. The van der Waals surface area contributed by atoms with E-state index >= 15 is 0 Å². The lowest BCUT2D eigenvalue weighted by Gasteiger charge is -2.38. The summed E-state index contributed by atoms with van der Waals surface area (Å²) in [6.07, 6.45) is -1.76. The van der Waals surface area contributed by atoms with Gasteiger partial charge >= 0.3 is 0 Å². The van der Waals surface area contributed by atoms with Gasteiger partial charge in [0.1, 0.15) is 23.7 Å². The lowest BCUT2D eigenvalue weighted by atomic mass is 10.0. The second-order valence-electron chi connectivity index (χ2n) is 2.92. The number of aliphatic hydroxyl groups is 3. The van der Waals surface area contributed by atoms with Crippen molar-refractivity contribution in [2.75, 3.05) is 6.26 Å². The third kappa shape index (κ3) is 1.75. The van der Waals surface area contributed by atoms with Crippen molar-refractivity contribution in [2.24, 2.45) is 0 Å². The van der Waals surface area contributed by atoms with Gasteiger partial charge in [-0.2, -0.15) is 0 Å². The van der Waals surface area contributed by atoms with Gasteiger partial charge in [0.15, 0.2) is 0 Å². The smallest absolute Gasteiger partial charge is 0.132 e. The van der Waals surface area contributed by atoms with Crippen LogP contribution >= 0.6 is 11.8 Å². The summed E-state index contributed by atoms with van der Waals surface area (Å²) in [5, 5.41) is 28.0. The number of rotatable bonds is 1. The van der Waals surface area contributed by atoms with Crippen molar-refractivity contribution >= 4 is 11.8 Å². The Hall–Kier alpha value is 0.190. The minimum absolute atomic E-state index is 0.430. The number of hydrogen-bond donors (Lipinski definition) is 3. The third-order valence-corrected chi connectivity index (χ3v) is 2.90. The molecule has 0 aromatic heterocycles. The molecule has 5 atom stereocenters. The van der Waals surface area contributed by atoms with E-state index in [0.717, 1.165) is 0 Å². The van der Waals surface area contributed by atoms with E-state index in [1.54, 1.807) is 13.2 Å². The van der Waals surface area contributed by atoms with Gasteiger partial charge in [-0.25, -0.2) is 0 Å². The lowest BCUT2D eigenvalue weighted by Crippen LogP contribution is -2.55. The van der Waals surface area contributed by atoms with Crippen LogP contribution in [-0.2, 0) is 4.74 Å². The number of thioether (sulfide) groups is 1. The van der Waals surface area contributed by atoms with Gasteiger partial charge < -0.3 is 20.1 Å². The Labute approximate surface area is 75.5 Å². The minimum Gasteiger partial charge on any atom is -0.388 e. The predicted molar refractivity (Wildman–Crippen MR) is 45.9 cm³/mol. The molecule has 0 aromatic carbocycles. The zero-order valence-electron chi connectivity index (χ0n) is 7.04. The molecule has 1 saturated heterocycles. The van der Waals surface area contributed by atoms with Gasteiger partial charge in [0.05, 0.1) is 6.10 Å². The highest BCUT2D eigenvalue weighted by atomic mass is 32.2. The summed E-state index contributed by atoms with van der Waals surface area (Å²) in [7, 11) is 0. The zero-order chi connectivity index (χ0) is 9.30. The molecular weight excluding hydrogens is 180 g/mol. The molecule has 1 unspecified atom stereocenters. The van der Waals surface area contributed by atoms with Crippen LogP contribution in [-0.4, -0.2) is 51.4 Å². The molecular formula is C7H14O4S. The molecule has 0 bridgehead atoms. The Bertz CT molecular complexity index is 150. The highest BCUT2D eigenvalue weighted by molar-refractivity contribution is 7.99. The van der Waals surface area contributed by atoms with E-state index in [0.29, 0.717) is 0 Å². The molecule has 72 valence electrons. The van der Waals surface area contributed by atoms with E-state index in [4.69, 9.17) is 4.74 Å². The molecule has 1 rings (SSSR count). The van der Waals surface area contributed by atoms with Gasteiger partial charge in [-0.15, -0.1) is 11.8 Å². The van der Waals surface area contributed by atoms with Crippen LogP contribution in [0.5, 0.6) is 0 Å². The monoisotopic (exact) mass is 194 g/mol. The van der Waals surface area contributed by atoms with E-state index < -0.39 is 29.9 Å². The summed E-state index contributed by atoms with van der Waals surface area (Å²) in [4.78, 5) is 0. The molecule has 12 heavy (non-hydrogen) atoms. The van der Waals surface area contributed by atoms with E-state index in [9.17, 15) is 15.3 Å². The first kappa shape index (κ1) is 10.3. The van der Waals surface area contributed by atoms with Gasteiger partial charge in [0, 0.05) is 0 Å². The highest BCUT2D eigenvalue weighted by Crippen LogP contribution is 2.26. The summed E-state index contributed by atoms with van der Waals surface area (Å²) in [5.41, 5.74) is -0.446. The predicted octanol–water partition coefficient (Wildman–Crippen LogP) is -0.823. The van der Waals surface area contributed by atoms with Gasteiger partial charge in [-0.3, -0.25) is 0 Å². The van der Waals surface area contributed by atoms with Crippen molar-refractivity contribution in [3.05, 3.63) is 0 Å². The third-order valence-electron chi connectivity index (χ3n) is 2.04. The second-order valence-corrected chi connectivity index (χ2v) is 3.85. The highest BCUT2D eigenvalue weighted by Gasteiger charge is 2.41. The molecule has 1 aliphatic heterocycles. The Morgan fingerprint density at radius 3 is 2.17 bits per heavy atom. The van der Waals surface area contributed by atoms with Crippen LogP contribution in [0.2, 0.25) is 0 Å². The maximum atomic E-state index is 9.37. The summed E-state index contributed by atoms with van der Waals surface area (Å²) in [6, 6.07) is 0. The Kier molecular flexibility index (Phi) is 3.37. The first-order chi connectivity index (χ1) is 5.57. The summed E-state index contributed by atoms with van der Waals surface area (Å²) in [6.45, 7) is 1.67. The van der Waals surface area contributed by atoms with Gasteiger partial charge in [0.2, 0.25) is 0 Å². The molecule has 5 heteroatoms. The Morgan fingerprint density at radius 2 is 1.67 bits per heavy atom. The molecule has 1 aliphatic rings. The van der Waals surface area contributed by atoms with Crippen molar-refractivity contribution in [3.8, 4) is 0 Å². The van der Waals surface area contributed by atoms with Crippen LogP contribution in [0, 0.1) is 0 Å². The van der Waals surface area contributed by atoms with E-state index in [-0.39, 0.29) is 0 Å². The number of hydrogen-bond acceptors (Lipinski definition) is 5. The molecule has 1 heterocycles. The van der Waals surface area contributed by atoms with E-state index in [1.165, 1.54) is 11.8 Å². The van der Waals surface area contributed by atoms with Crippen molar-refractivity contribution in [3.63, 3.8) is 0 Å². The fraction of sp³-hybridized carbons (Fsp3) is 1.00. The largest absolute Gasteiger partial charge is 0.388 e. The number of aliphatic hydroxyl groups excluding tert-OH is 3. The van der Waals surface area contributed by atoms with Crippen molar-refractivity contribution < 1.29 is 20.1 Å². The maximum Gasteiger partial charge on any atom is 0.132 e. The summed E-state index contributed by atoms with van der Waals surface area (Å²) >= 11 is 1.32. The van der Waals surface area contributed by atoms with Crippen LogP contribution in [0.25, 0.3) is 0 Å². The molecule has 4 nitrogen and oxygen atoms in total. The summed E-state index contributed by atoms with van der Waals surface area (Å²) < 4.78 is 5.23. The topological polar surface area (TPSA) is 69.9 Å². The first-order valence-corrected chi connectivity index (χ1v) is 5.09. The van der Waals surface area contributed by atoms with Crippen LogP contribution in [0.3, 0.4) is 0 Å². The van der Waals surface area contributed by atoms with Crippen LogP contribution in [0.1, 0.15) is 6.92 Å². The normalized spacial score (nSPS) is 49.2. The minimum atomic E-state index is -1.11. The Morgan fingerprint density at radius 1 is 1.08 bits per heavy atom. The molecule has 0 saturated carbocycles. The fourth-order valence-electron chi connectivity index (χ4n) is 1.21. The van der Waals surface area contributed by atoms with Crippen LogP contribution < -0.4 is 0 Å². The molecule has 0 amide bonds. The SMILES string of the molecule is CSC1O[C@@H](C)[C@@H](O)[C@@H](O)[C@@H]1O. The maximum absolute atomic E-state index is 9.37. The average molecular weight is 194 g/mol. The fourth-order valence-corrected chi connectivity index (χ4v) is 1.93. The van der Waals surface area contributed by atoms with Crippen LogP contribution in [0.4, 0.5) is 0 Å².